The van der Waals surface area contributed by atoms with Crippen LogP contribution in [0.15, 0.2) is 18.2 Å². The predicted octanol–water partition coefficient (Wildman–Crippen LogP) is 0.195. The molecule has 154 valence electrons. The summed E-state index contributed by atoms with van der Waals surface area (Å²) in [6.07, 6.45) is 1.62. The average Bonchev–Trinajstić information content (AvgIpc) is 2.92. The zero-order valence-electron chi connectivity index (χ0n) is 16.3. The van der Waals surface area contributed by atoms with Gasteiger partial charge in [-0.1, -0.05) is 0 Å². The second-order valence-corrected chi connectivity index (χ2v) is 8.89. The third kappa shape index (κ3) is 5.44. The Morgan fingerprint density at radius 3 is 2.54 bits per heavy atom. The van der Waals surface area contributed by atoms with Gasteiger partial charge in [-0.05, 0) is 51.0 Å². The van der Waals surface area contributed by atoms with Crippen molar-refractivity contribution in [3.8, 4) is 0 Å². The minimum atomic E-state index is -3.41. The second kappa shape index (κ2) is 8.59. The smallest absolute Gasteiger partial charge is 0.338 e. The highest BCUT2D eigenvalue weighted by Crippen LogP contribution is 2.34. The summed E-state index contributed by atoms with van der Waals surface area (Å²) < 4.78 is 30.2. The molecule has 0 fully saturated rings. The molecule has 1 aliphatic heterocycles. The standard InChI is InChI=1S/C18H25N3O6S/c1-11(2)20-16(22)9-19-17(23)10-27-18(24)13-5-6-15-14(8-13)7-12(3)21(15)28(4,25)26/h5-6,8,11-12H,7,9-10H2,1-4H3,(H,19,23)(H,20,22)/t12-/m0/s1. The predicted molar refractivity (Wildman–Crippen MR) is 104 cm³/mol. The van der Waals surface area contributed by atoms with Crippen LogP contribution in [0.3, 0.4) is 0 Å². The van der Waals surface area contributed by atoms with Crippen molar-refractivity contribution in [3.63, 3.8) is 0 Å². The number of nitrogens with zero attached hydrogens (tertiary/aromatic N) is 1. The minimum absolute atomic E-state index is 0.0385. The van der Waals surface area contributed by atoms with Crippen molar-refractivity contribution in [2.75, 3.05) is 23.7 Å². The van der Waals surface area contributed by atoms with Crippen LogP contribution in [-0.2, 0) is 30.8 Å². The summed E-state index contributed by atoms with van der Waals surface area (Å²) in [6, 6.07) is 4.33. The maximum atomic E-state index is 12.2. The molecular weight excluding hydrogens is 386 g/mol. The SMILES string of the molecule is CC(C)NC(=O)CNC(=O)COC(=O)c1ccc2c(c1)C[C@H](C)N2S(C)(=O)=O. The third-order valence-corrected chi connectivity index (χ3v) is 5.33. The van der Waals surface area contributed by atoms with E-state index in [1.54, 1.807) is 32.9 Å². The Hall–Kier alpha value is -2.62. The number of benzene rings is 1. The molecule has 10 heteroatoms. The molecule has 0 saturated heterocycles. The van der Waals surface area contributed by atoms with E-state index in [1.807, 2.05) is 0 Å². The molecule has 0 aliphatic carbocycles. The lowest BCUT2D eigenvalue weighted by Gasteiger charge is -2.21. The zero-order chi connectivity index (χ0) is 21.1. The van der Waals surface area contributed by atoms with E-state index in [0.717, 1.165) is 11.8 Å². The molecule has 2 amide bonds. The first-order valence-corrected chi connectivity index (χ1v) is 10.7. The molecule has 1 atom stereocenters. The van der Waals surface area contributed by atoms with Crippen molar-refractivity contribution in [1.29, 1.82) is 0 Å². The highest BCUT2D eigenvalue weighted by molar-refractivity contribution is 7.92. The number of rotatable bonds is 7. The Labute approximate surface area is 164 Å². The zero-order valence-corrected chi connectivity index (χ0v) is 17.1. The van der Waals surface area contributed by atoms with Crippen LogP contribution in [0.4, 0.5) is 5.69 Å². The Kier molecular flexibility index (Phi) is 6.65. The Bertz CT molecular complexity index is 881. The fourth-order valence-electron chi connectivity index (χ4n) is 3.05. The summed E-state index contributed by atoms with van der Waals surface area (Å²) in [4.78, 5) is 35.4. The monoisotopic (exact) mass is 411 g/mol. The van der Waals surface area contributed by atoms with Gasteiger partial charge in [-0.3, -0.25) is 13.9 Å². The highest BCUT2D eigenvalue weighted by atomic mass is 32.2. The fourth-order valence-corrected chi connectivity index (χ4v) is 4.32. The molecule has 1 aliphatic rings. The van der Waals surface area contributed by atoms with Crippen molar-refractivity contribution in [2.24, 2.45) is 0 Å². The molecule has 0 bridgehead atoms. The number of esters is 1. The number of anilines is 1. The van der Waals surface area contributed by atoms with Crippen LogP contribution in [0.2, 0.25) is 0 Å². The van der Waals surface area contributed by atoms with Crippen LogP contribution in [0.5, 0.6) is 0 Å². The molecule has 0 aromatic heterocycles. The molecule has 1 aromatic carbocycles. The van der Waals surface area contributed by atoms with E-state index in [2.05, 4.69) is 10.6 Å². The molecule has 0 saturated carbocycles. The fraction of sp³-hybridized carbons (Fsp3) is 0.500. The summed E-state index contributed by atoms with van der Waals surface area (Å²) in [5.74, 6) is -1.63. The molecule has 0 spiro atoms. The van der Waals surface area contributed by atoms with Crippen LogP contribution in [0, 0.1) is 0 Å². The summed E-state index contributed by atoms with van der Waals surface area (Å²) in [5.41, 5.74) is 1.49. The highest BCUT2D eigenvalue weighted by Gasteiger charge is 2.32. The average molecular weight is 411 g/mol. The van der Waals surface area contributed by atoms with Crippen molar-refractivity contribution >= 4 is 33.5 Å². The molecule has 0 radical (unpaired) electrons. The molecule has 9 nitrogen and oxygen atoms in total. The van der Waals surface area contributed by atoms with Crippen molar-refractivity contribution in [1.82, 2.24) is 10.6 Å². The summed E-state index contributed by atoms with van der Waals surface area (Å²) >= 11 is 0. The molecule has 2 rings (SSSR count). The lowest BCUT2D eigenvalue weighted by Crippen LogP contribution is -2.41. The number of ether oxygens (including phenoxy) is 1. The van der Waals surface area contributed by atoms with Gasteiger partial charge in [-0.15, -0.1) is 0 Å². The van der Waals surface area contributed by atoms with E-state index in [0.29, 0.717) is 12.1 Å². The maximum Gasteiger partial charge on any atom is 0.338 e. The maximum absolute atomic E-state index is 12.2. The number of sulfonamides is 1. The first-order valence-electron chi connectivity index (χ1n) is 8.84. The Morgan fingerprint density at radius 2 is 1.93 bits per heavy atom. The number of fused-ring (bicyclic) bond motifs is 1. The van der Waals surface area contributed by atoms with Gasteiger partial charge >= 0.3 is 5.97 Å². The van der Waals surface area contributed by atoms with Crippen LogP contribution in [0.1, 0.15) is 36.7 Å². The largest absolute Gasteiger partial charge is 0.452 e. The first kappa shape index (κ1) is 21.7. The number of hydrogen-bond acceptors (Lipinski definition) is 6. The molecule has 28 heavy (non-hydrogen) atoms. The Balaban J connectivity index is 1.93. The van der Waals surface area contributed by atoms with Crippen molar-refractivity contribution in [3.05, 3.63) is 29.3 Å². The van der Waals surface area contributed by atoms with Crippen LogP contribution in [-0.4, -0.2) is 57.7 Å². The normalized spacial score (nSPS) is 15.9. The topological polar surface area (TPSA) is 122 Å². The van der Waals surface area contributed by atoms with Crippen molar-refractivity contribution < 1.29 is 27.5 Å². The molecule has 1 heterocycles. The number of carbonyl (C=O) groups excluding carboxylic acids is 3. The summed E-state index contributed by atoms with van der Waals surface area (Å²) in [6.45, 7) is 4.67. The number of hydrogen-bond donors (Lipinski definition) is 2. The summed E-state index contributed by atoms with van der Waals surface area (Å²) in [7, 11) is -3.41. The van der Waals surface area contributed by atoms with E-state index >= 15 is 0 Å². The quantitative estimate of drug-likeness (QED) is 0.618. The minimum Gasteiger partial charge on any atom is -0.452 e. The molecule has 1 aromatic rings. The molecular formula is C18H25N3O6S. The lowest BCUT2D eigenvalue weighted by molar-refractivity contribution is -0.128. The van der Waals surface area contributed by atoms with Gasteiger partial charge in [0.25, 0.3) is 5.91 Å². The van der Waals surface area contributed by atoms with E-state index in [-0.39, 0.29) is 30.1 Å². The van der Waals surface area contributed by atoms with E-state index in [4.69, 9.17) is 4.74 Å². The van der Waals surface area contributed by atoms with Gasteiger partial charge in [0.2, 0.25) is 15.9 Å². The third-order valence-electron chi connectivity index (χ3n) is 4.06. The van der Waals surface area contributed by atoms with Gasteiger partial charge in [0.1, 0.15) is 0 Å². The number of amides is 2. The lowest BCUT2D eigenvalue weighted by atomic mass is 10.1. The van der Waals surface area contributed by atoms with Gasteiger partial charge in [0.15, 0.2) is 6.61 Å². The van der Waals surface area contributed by atoms with Gasteiger partial charge in [0.05, 0.1) is 24.1 Å². The van der Waals surface area contributed by atoms with Gasteiger partial charge in [0, 0.05) is 12.1 Å². The Morgan fingerprint density at radius 1 is 1.25 bits per heavy atom. The molecule has 0 unspecified atom stereocenters. The number of nitrogens with one attached hydrogen (secondary N) is 2. The van der Waals surface area contributed by atoms with Crippen molar-refractivity contribution in [2.45, 2.75) is 39.3 Å². The van der Waals surface area contributed by atoms with Crippen LogP contribution in [0.25, 0.3) is 0 Å². The molecule has 2 N–H and O–H groups in total. The van der Waals surface area contributed by atoms with E-state index in [1.165, 1.54) is 10.4 Å². The van der Waals surface area contributed by atoms with Gasteiger partial charge in [-0.2, -0.15) is 0 Å². The van der Waals surface area contributed by atoms with E-state index < -0.39 is 28.5 Å². The first-order chi connectivity index (χ1) is 13.0. The van der Waals surface area contributed by atoms with Crippen LogP contribution < -0.4 is 14.9 Å². The van der Waals surface area contributed by atoms with Gasteiger partial charge < -0.3 is 15.4 Å². The van der Waals surface area contributed by atoms with E-state index in [9.17, 15) is 22.8 Å². The number of carbonyl (C=O) groups is 3. The summed E-state index contributed by atoms with van der Waals surface area (Å²) in [5, 5.41) is 4.99. The van der Waals surface area contributed by atoms with Crippen LogP contribution >= 0.6 is 0 Å². The second-order valence-electron chi connectivity index (χ2n) is 7.03. The van der Waals surface area contributed by atoms with Gasteiger partial charge in [-0.25, -0.2) is 13.2 Å².